The molecule has 1 rings (SSSR count). The lowest BCUT2D eigenvalue weighted by Crippen LogP contribution is -2.44. The molecule has 0 radical (unpaired) electrons. The molecule has 0 aromatic heterocycles. The Balaban J connectivity index is 3.44. The van der Waals surface area contributed by atoms with E-state index in [-0.39, 0.29) is 16.2 Å². The van der Waals surface area contributed by atoms with E-state index in [1.54, 1.807) is 13.2 Å². The van der Waals surface area contributed by atoms with Gasteiger partial charge in [0.1, 0.15) is 17.1 Å². The minimum absolute atomic E-state index is 0.0459. The summed E-state index contributed by atoms with van der Waals surface area (Å²) in [6.45, 7) is 10.8. The summed E-state index contributed by atoms with van der Waals surface area (Å²) in [5.41, 5.74) is 0.494. The maximum atomic E-state index is 12.3. The van der Waals surface area contributed by atoms with E-state index >= 15 is 0 Å². The van der Waals surface area contributed by atoms with Gasteiger partial charge in [0, 0.05) is 0 Å². The third kappa shape index (κ3) is 4.11. The number of alkyl halides is 1. The smallest absolute Gasteiger partial charge is 0.250 e. The fourth-order valence-corrected chi connectivity index (χ4v) is 3.42. The maximum Gasteiger partial charge on any atom is 0.250 e. The van der Waals surface area contributed by atoms with Gasteiger partial charge in [0.05, 0.1) is 16.9 Å². The molecule has 0 amide bonds. The standard InChI is InChI=1S/C15H22Br2O3Si/c1-15(2,3)21(5,6)20-14-10(17)7-8-12(19-4)13(14)11(18)9-16/h7-8H,9H2,1-6H3. The predicted molar refractivity (Wildman–Crippen MR) is 96.6 cm³/mol. The van der Waals surface area contributed by atoms with Crippen molar-refractivity contribution in [3.05, 3.63) is 22.2 Å². The van der Waals surface area contributed by atoms with Crippen molar-refractivity contribution < 1.29 is 14.0 Å². The van der Waals surface area contributed by atoms with Crippen molar-refractivity contribution in [2.75, 3.05) is 12.4 Å². The Labute approximate surface area is 144 Å². The van der Waals surface area contributed by atoms with Gasteiger partial charge in [-0.1, -0.05) is 36.7 Å². The lowest BCUT2D eigenvalue weighted by atomic mass is 10.1. The van der Waals surface area contributed by atoms with Crippen molar-refractivity contribution >= 4 is 46.0 Å². The largest absolute Gasteiger partial charge is 0.542 e. The van der Waals surface area contributed by atoms with Crippen LogP contribution in [0.4, 0.5) is 0 Å². The normalized spacial score (nSPS) is 12.2. The Morgan fingerprint density at radius 1 is 1.29 bits per heavy atom. The van der Waals surface area contributed by atoms with Crippen LogP contribution in [0, 0.1) is 0 Å². The van der Waals surface area contributed by atoms with Gasteiger partial charge in [-0.2, -0.15) is 0 Å². The second-order valence-corrected chi connectivity index (χ2v) is 12.5. The number of benzene rings is 1. The number of methoxy groups -OCH3 is 1. The average molecular weight is 438 g/mol. The van der Waals surface area contributed by atoms with Gasteiger partial charge < -0.3 is 9.16 Å². The van der Waals surface area contributed by atoms with Crippen molar-refractivity contribution in [1.29, 1.82) is 0 Å². The van der Waals surface area contributed by atoms with Gasteiger partial charge in [0.15, 0.2) is 5.78 Å². The molecule has 0 aliphatic carbocycles. The van der Waals surface area contributed by atoms with Crippen molar-refractivity contribution in [1.82, 2.24) is 0 Å². The summed E-state index contributed by atoms with van der Waals surface area (Å²) in [5, 5.41) is 0.276. The first-order valence-electron chi connectivity index (χ1n) is 6.70. The highest BCUT2D eigenvalue weighted by atomic mass is 79.9. The number of ketones is 1. The molecule has 0 bridgehead atoms. The molecular weight excluding hydrogens is 416 g/mol. The molecule has 0 aliphatic heterocycles. The van der Waals surface area contributed by atoms with E-state index in [2.05, 4.69) is 65.7 Å². The molecule has 0 heterocycles. The van der Waals surface area contributed by atoms with E-state index in [0.29, 0.717) is 17.1 Å². The Morgan fingerprint density at radius 2 is 1.86 bits per heavy atom. The van der Waals surface area contributed by atoms with Crippen LogP contribution in [0.15, 0.2) is 16.6 Å². The van der Waals surface area contributed by atoms with E-state index in [0.717, 1.165) is 4.47 Å². The van der Waals surface area contributed by atoms with Gasteiger partial charge >= 0.3 is 0 Å². The zero-order valence-corrected chi connectivity index (χ0v) is 17.5. The molecule has 0 saturated heterocycles. The number of carbonyl (C=O) groups excluding carboxylic acids is 1. The number of rotatable bonds is 5. The number of ether oxygens (including phenoxy) is 1. The van der Waals surface area contributed by atoms with Crippen LogP contribution < -0.4 is 9.16 Å². The molecule has 1 aromatic carbocycles. The SMILES string of the molecule is COc1ccc(Br)c(O[Si](C)(C)C(C)(C)C)c1C(=O)CBr. The summed E-state index contributed by atoms with van der Waals surface area (Å²) in [4.78, 5) is 12.3. The van der Waals surface area contributed by atoms with Gasteiger partial charge in [-0.05, 0) is 46.2 Å². The Bertz CT molecular complexity index is 536. The number of Topliss-reactive ketones (excluding diaryl/α,β-unsaturated/α-hetero) is 1. The number of hydrogen-bond donors (Lipinski definition) is 0. The number of carbonyl (C=O) groups is 1. The van der Waals surface area contributed by atoms with Crippen molar-refractivity contribution in [3.63, 3.8) is 0 Å². The Hall–Kier alpha value is -0.333. The quantitative estimate of drug-likeness (QED) is 0.350. The van der Waals surface area contributed by atoms with Crippen molar-refractivity contribution in [3.8, 4) is 11.5 Å². The molecule has 0 saturated carbocycles. The molecule has 118 valence electrons. The molecule has 0 aliphatic rings. The third-order valence-electron chi connectivity index (χ3n) is 3.85. The average Bonchev–Trinajstić information content (AvgIpc) is 2.38. The number of hydrogen-bond acceptors (Lipinski definition) is 3. The van der Waals surface area contributed by atoms with Crippen LogP contribution in [-0.2, 0) is 0 Å². The molecule has 6 heteroatoms. The highest BCUT2D eigenvalue weighted by molar-refractivity contribution is 9.10. The fourth-order valence-electron chi connectivity index (χ4n) is 1.55. The predicted octanol–water partition coefficient (Wildman–Crippen LogP) is 5.42. The first kappa shape index (κ1) is 18.7. The maximum absolute atomic E-state index is 12.3. The first-order valence-corrected chi connectivity index (χ1v) is 11.5. The van der Waals surface area contributed by atoms with Crippen molar-refractivity contribution in [2.45, 2.75) is 38.9 Å². The van der Waals surface area contributed by atoms with Crippen molar-refractivity contribution in [2.24, 2.45) is 0 Å². The Kier molecular flexibility index (Phi) is 6.09. The second kappa shape index (κ2) is 6.83. The van der Waals surface area contributed by atoms with Gasteiger partial charge in [0.25, 0.3) is 8.32 Å². The fraction of sp³-hybridized carbons (Fsp3) is 0.533. The molecule has 0 spiro atoms. The molecule has 1 aromatic rings. The van der Waals surface area contributed by atoms with Gasteiger partial charge in [0.2, 0.25) is 0 Å². The van der Waals surface area contributed by atoms with Crippen LogP contribution in [-0.4, -0.2) is 26.5 Å². The minimum Gasteiger partial charge on any atom is -0.542 e. The summed E-state index contributed by atoms with van der Waals surface area (Å²) in [7, 11) is -0.496. The third-order valence-corrected chi connectivity index (χ3v) is 9.32. The number of halogens is 2. The van der Waals surface area contributed by atoms with Crippen LogP contribution in [0.2, 0.25) is 18.1 Å². The lowest BCUT2D eigenvalue weighted by Gasteiger charge is -2.37. The summed E-state index contributed by atoms with van der Waals surface area (Å²) in [5.74, 6) is 1.07. The van der Waals surface area contributed by atoms with E-state index < -0.39 is 8.32 Å². The zero-order valence-electron chi connectivity index (χ0n) is 13.3. The van der Waals surface area contributed by atoms with Crippen LogP contribution in [0.5, 0.6) is 11.5 Å². The Morgan fingerprint density at radius 3 is 2.29 bits per heavy atom. The molecule has 0 unspecified atom stereocenters. The van der Waals surface area contributed by atoms with E-state index in [1.807, 2.05) is 6.07 Å². The molecule has 3 nitrogen and oxygen atoms in total. The zero-order chi connectivity index (χ0) is 16.4. The summed E-state index contributed by atoms with van der Waals surface area (Å²) in [6.07, 6.45) is 0. The molecule has 21 heavy (non-hydrogen) atoms. The minimum atomic E-state index is -2.06. The van der Waals surface area contributed by atoms with Crippen LogP contribution in [0.3, 0.4) is 0 Å². The van der Waals surface area contributed by atoms with Gasteiger partial charge in [-0.3, -0.25) is 4.79 Å². The van der Waals surface area contributed by atoms with Crippen LogP contribution in [0.1, 0.15) is 31.1 Å². The summed E-state index contributed by atoms with van der Waals surface area (Å²) >= 11 is 6.73. The molecule has 0 atom stereocenters. The topological polar surface area (TPSA) is 35.5 Å². The van der Waals surface area contributed by atoms with Gasteiger partial charge in [-0.25, -0.2) is 0 Å². The highest BCUT2D eigenvalue weighted by Crippen LogP contribution is 2.43. The molecular formula is C15H22Br2O3Si. The van der Waals surface area contributed by atoms with Crippen LogP contribution >= 0.6 is 31.9 Å². The molecule has 0 fully saturated rings. The van der Waals surface area contributed by atoms with E-state index in [1.165, 1.54) is 0 Å². The lowest BCUT2D eigenvalue weighted by molar-refractivity contribution is 0.101. The van der Waals surface area contributed by atoms with Gasteiger partial charge in [-0.15, -0.1) is 0 Å². The van der Waals surface area contributed by atoms with E-state index in [9.17, 15) is 4.79 Å². The van der Waals surface area contributed by atoms with Crippen LogP contribution in [0.25, 0.3) is 0 Å². The summed E-state index contributed by atoms with van der Waals surface area (Å²) < 4.78 is 12.5. The second-order valence-electron chi connectivity index (χ2n) is 6.37. The molecule has 0 N–H and O–H groups in total. The highest BCUT2D eigenvalue weighted by Gasteiger charge is 2.40. The summed E-state index contributed by atoms with van der Waals surface area (Å²) in [6, 6.07) is 3.63. The first-order chi connectivity index (χ1) is 9.55. The monoisotopic (exact) mass is 436 g/mol. The van der Waals surface area contributed by atoms with E-state index in [4.69, 9.17) is 9.16 Å².